The summed E-state index contributed by atoms with van der Waals surface area (Å²) in [5.74, 6) is 1.87. The van der Waals surface area contributed by atoms with Crippen molar-refractivity contribution in [2.75, 3.05) is 53.3 Å². The fourth-order valence-electron chi connectivity index (χ4n) is 2.57. The second-order valence-electron chi connectivity index (χ2n) is 6.38. The number of ether oxygens (including phenoxy) is 5. The third kappa shape index (κ3) is 10.0. The zero-order valence-electron chi connectivity index (χ0n) is 18.2. The van der Waals surface area contributed by atoms with E-state index in [2.05, 4.69) is 5.32 Å². The van der Waals surface area contributed by atoms with Gasteiger partial charge in [0.25, 0.3) is 0 Å². The lowest BCUT2D eigenvalue weighted by Gasteiger charge is -2.13. The van der Waals surface area contributed by atoms with Crippen molar-refractivity contribution in [2.24, 2.45) is 0 Å². The van der Waals surface area contributed by atoms with E-state index in [4.69, 9.17) is 23.7 Å². The van der Waals surface area contributed by atoms with Crippen molar-refractivity contribution in [3.05, 3.63) is 60.2 Å². The maximum Gasteiger partial charge on any atom is 0.244 e. The smallest absolute Gasteiger partial charge is 0.244 e. The van der Waals surface area contributed by atoms with E-state index >= 15 is 0 Å². The first-order valence-corrected chi connectivity index (χ1v) is 10.3. The zero-order valence-corrected chi connectivity index (χ0v) is 18.2. The van der Waals surface area contributed by atoms with Gasteiger partial charge in [0.05, 0.1) is 26.4 Å². The molecule has 2 aromatic carbocycles. The average Bonchev–Trinajstić information content (AvgIpc) is 2.79. The van der Waals surface area contributed by atoms with Crippen LogP contribution < -0.4 is 19.5 Å². The van der Waals surface area contributed by atoms with Gasteiger partial charge in [0.1, 0.15) is 19.0 Å². The van der Waals surface area contributed by atoms with Crippen LogP contribution in [-0.2, 0) is 14.3 Å². The van der Waals surface area contributed by atoms with Crippen molar-refractivity contribution in [3.63, 3.8) is 0 Å². The molecular formula is C24H31NO6. The van der Waals surface area contributed by atoms with Crippen molar-refractivity contribution < 1.29 is 28.5 Å². The maximum absolute atomic E-state index is 11.9. The molecule has 7 nitrogen and oxygen atoms in total. The summed E-state index contributed by atoms with van der Waals surface area (Å²) in [4.78, 5) is 11.9. The third-order valence-electron chi connectivity index (χ3n) is 4.03. The van der Waals surface area contributed by atoms with Gasteiger partial charge in [-0.25, -0.2) is 0 Å². The number of methoxy groups -OCH3 is 1. The van der Waals surface area contributed by atoms with Crippen LogP contribution in [0.2, 0.25) is 0 Å². The Bertz CT molecular complexity index is 794. The van der Waals surface area contributed by atoms with Crippen LogP contribution in [0.25, 0.3) is 6.08 Å². The summed E-state index contributed by atoms with van der Waals surface area (Å²) in [5, 5.41) is 2.77. The highest BCUT2D eigenvalue weighted by molar-refractivity contribution is 5.91. The lowest BCUT2D eigenvalue weighted by Crippen LogP contribution is -2.25. The van der Waals surface area contributed by atoms with E-state index in [0.29, 0.717) is 57.7 Å². The van der Waals surface area contributed by atoms with Gasteiger partial charge < -0.3 is 29.0 Å². The molecule has 0 unspecified atom stereocenters. The normalized spacial score (nSPS) is 10.8. The topological polar surface area (TPSA) is 75.3 Å². The van der Waals surface area contributed by atoms with Gasteiger partial charge in [-0.05, 0) is 42.8 Å². The second kappa shape index (κ2) is 14.9. The summed E-state index contributed by atoms with van der Waals surface area (Å²) in [6.07, 6.45) is 3.21. The zero-order chi connectivity index (χ0) is 22.2. The molecule has 2 aromatic rings. The number of amides is 1. The minimum absolute atomic E-state index is 0.188. The molecule has 0 aromatic heterocycles. The predicted molar refractivity (Wildman–Crippen MR) is 120 cm³/mol. The number of rotatable bonds is 15. The van der Waals surface area contributed by atoms with E-state index in [0.717, 1.165) is 11.3 Å². The standard InChI is InChI=1S/C24H31NO6/c1-3-29-23-19-20(10-12-24(26)25-13-14-28-16-15-27-2)9-11-22(23)31-18-17-30-21-7-5-4-6-8-21/h4-12,19H,3,13-18H2,1-2H3,(H,25,26)/b12-10+. The van der Waals surface area contributed by atoms with Crippen LogP contribution >= 0.6 is 0 Å². The van der Waals surface area contributed by atoms with E-state index in [1.54, 1.807) is 13.2 Å². The Kier molecular flexibility index (Phi) is 11.6. The summed E-state index contributed by atoms with van der Waals surface area (Å²) in [7, 11) is 1.62. The van der Waals surface area contributed by atoms with Crippen LogP contribution in [-0.4, -0.2) is 59.2 Å². The Morgan fingerprint density at radius 1 is 0.903 bits per heavy atom. The van der Waals surface area contributed by atoms with Crippen molar-refractivity contribution in [2.45, 2.75) is 6.92 Å². The van der Waals surface area contributed by atoms with Gasteiger partial charge >= 0.3 is 0 Å². The first-order valence-electron chi connectivity index (χ1n) is 10.3. The Labute approximate surface area is 183 Å². The van der Waals surface area contributed by atoms with Gasteiger partial charge in [0, 0.05) is 19.7 Å². The van der Waals surface area contributed by atoms with Gasteiger partial charge in [-0.3, -0.25) is 4.79 Å². The molecule has 0 bridgehead atoms. The van der Waals surface area contributed by atoms with Crippen molar-refractivity contribution in [1.82, 2.24) is 5.32 Å². The minimum Gasteiger partial charge on any atom is -0.490 e. The summed E-state index contributed by atoms with van der Waals surface area (Å²) in [6, 6.07) is 15.1. The molecule has 0 radical (unpaired) electrons. The molecule has 0 saturated heterocycles. The summed E-state index contributed by atoms with van der Waals surface area (Å²) in [6.45, 7) is 5.16. The largest absolute Gasteiger partial charge is 0.490 e. The maximum atomic E-state index is 11.9. The molecule has 0 fully saturated rings. The van der Waals surface area contributed by atoms with Crippen molar-refractivity contribution >= 4 is 12.0 Å². The summed E-state index contributed by atoms with van der Waals surface area (Å²) >= 11 is 0. The summed E-state index contributed by atoms with van der Waals surface area (Å²) < 4.78 is 27.3. The molecule has 0 saturated carbocycles. The minimum atomic E-state index is -0.188. The number of nitrogens with one attached hydrogen (secondary N) is 1. The SMILES string of the molecule is CCOc1cc(/C=C/C(=O)NCCOCCOC)ccc1OCCOc1ccccc1. The van der Waals surface area contributed by atoms with Gasteiger partial charge in [0.15, 0.2) is 11.5 Å². The molecule has 0 atom stereocenters. The van der Waals surface area contributed by atoms with Gasteiger partial charge in [-0.15, -0.1) is 0 Å². The number of hydrogen-bond donors (Lipinski definition) is 1. The van der Waals surface area contributed by atoms with E-state index < -0.39 is 0 Å². The third-order valence-corrected chi connectivity index (χ3v) is 4.03. The number of hydrogen-bond acceptors (Lipinski definition) is 6. The molecule has 0 heterocycles. The average molecular weight is 430 g/mol. The molecular weight excluding hydrogens is 398 g/mol. The highest BCUT2D eigenvalue weighted by Gasteiger charge is 2.06. The monoisotopic (exact) mass is 429 g/mol. The Morgan fingerprint density at radius 3 is 2.48 bits per heavy atom. The fourth-order valence-corrected chi connectivity index (χ4v) is 2.57. The molecule has 0 aliphatic heterocycles. The van der Waals surface area contributed by atoms with Gasteiger partial charge in [0.2, 0.25) is 5.91 Å². The summed E-state index contributed by atoms with van der Waals surface area (Å²) in [5.41, 5.74) is 0.836. The van der Waals surface area contributed by atoms with E-state index in [9.17, 15) is 4.79 Å². The van der Waals surface area contributed by atoms with Crippen LogP contribution in [0.1, 0.15) is 12.5 Å². The van der Waals surface area contributed by atoms with Crippen molar-refractivity contribution in [3.8, 4) is 17.2 Å². The van der Waals surface area contributed by atoms with Crippen LogP contribution in [0.5, 0.6) is 17.2 Å². The highest BCUT2D eigenvalue weighted by atomic mass is 16.5. The fraction of sp³-hybridized carbons (Fsp3) is 0.375. The number of para-hydroxylation sites is 1. The van der Waals surface area contributed by atoms with Gasteiger partial charge in [-0.2, -0.15) is 0 Å². The highest BCUT2D eigenvalue weighted by Crippen LogP contribution is 2.29. The Morgan fingerprint density at radius 2 is 1.71 bits per heavy atom. The van der Waals surface area contributed by atoms with Crippen LogP contribution in [0.15, 0.2) is 54.6 Å². The number of benzene rings is 2. The molecule has 0 aliphatic carbocycles. The first-order chi connectivity index (χ1) is 15.2. The van der Waals surface area contributed by atoms with Crippen LogP contribution in [0.3, 0.4) is 0 Å². The molecule has 1 N–H and O–H groups in total. The predicted octanol–water partition coefficient (Wildman–Crippen LogP) is 3.34. The van der Waals surface area contributed by atoms with E-state index in [1.807, 2.05) is 55.5 Å². The quantitative estimate of drug-likeness (QED) is 0.346. The second-order valence-corrected chi connectivity index (χ2v) is 6.38. The van der Waals surface area contributed by atoms with Crippen LogP contribution in [0.4, 0.5) is 0 Å². The first kappa shape index (κ1) is 24.2. The number of carbonyl (C=O) groups is 1. The Balaban J connectivity index is 1.80. The molecule has 7 heteroatoms. The van der Waals surface area contributed by atoms with Gasteiger partial charge in [-0.1, -0.05) is 24.3 Å². The number of carbonyl (C=O) groups excluding carboxylic acids is 1. The molecule has 0 aliphatic rings. The Hall–Kier alpha value is -3.03. The molecule has 2 rings (SSSR count). The molecule has 1 amide bonds. The molecule has 0 spiro atoms. The molecule has 31 heavy (non-hydrogen) atoms. The lowest BCUT2D eigenvalue weighted by atomic mass is 10.2. The van der Waals surface area contributed by atoms with Crippen LogP contribution in [0, 0.1) is 0 Å². The molecule has 168 valence electrons. The lowest BCUT2D eigenvalue weighted by molar-refractivity contribution is -0.116. The van der Waals surface area contributed by atoms with E-state index in [1.165, 1.54) is 6.08 Å². The van der Waals surface area contributed by atoms with Crippen molar-refractivity contribution in [1.29, 1.82) is 0 Å². The van der Waals surface area contributed by atoms with E-state index in [-0.39, 0.29) is 5.91 Å².